The van der Waals surface area contributed by atoms with Crippen LogP contribution in [0.25, 0.3) is 0 Å². The number of halogens is 1. The monoisotopic (exact) mass is 371 g/mol. The minimum absolute atomic E-state index is 0.109. The molecule has 0 saturated carbocycles. The van der Waals surface area contributed by atoms with Gasteiger partial charge in [-0.05, 0) is 32.4 Å². The molecule has 0 aromatic carbocycles. The highest BCUT2D eigenvalue weighted by Gasteiger charge is 2.21. The van der Waals surface area contributed by atoms with Gasteiger partial charge < -0.3 is 9.47 Å². The fraction of sp³-hybridized carbons (Fsp3) is 0.357. The van der Waals surface area contributed by atoms with Gasteiger partial charge in [0.05, 0.1) is 18.9 Å². The lowest BCUT2D eigenvalue weighted by molar-refractivity contribution is -0.370. The number of aryl methyl sites for hydroxylation is 1. The van der Waals surface area contributed by atoms with Gasteiger partial charge in [-0.15, -0.1) is 0 Å². The minimum Gasteiger partial charge on any atom is -0.462 e. The number of aromatic nitrogens is 3. The zero-order valence-corrected chi connectivity index (χ0v) is 14.9. The largest absolute Gasteiger partial charge is 0.462 e. The first-order valence-electron chi connectivity index (χ1n) is 7.13. The summed E-state index contributed by atoms with van der Waals surface area (Å²) in [5, 5.41) is 3.40. The van der Waals surface area contributed by atoms with Crippen LogP contribution in [0.5, 0.6) is 0 Å². The molecule has 2 N–H and O–H groups in total. The van der Waals surface area contributed by atoms with E-state index in [1.54, 1.807) is 20.8 Å². The second-order valence-corrected chi connectivity index (χ2v) is 5.85. The molecule has 0 amide bonds. The fourth-order valence-electron chi connectivity index (χ4n) is 1.76. The highest BCUT2D eigenvalue weighted by molar-refractivity contribution is 7.17. The third-order valence-corrected chi connectivity index (χ3v) is 3.96. The van der Waals surface area contributed by atoms with Crippen LogP contribution in [-0.4, -0.2) is 35.1 Å². The van der Waals surface area contributed by atoms with Gasteiger partial charge in [-0.25, -0.2) is 24.9 Å². The van der Waals surface area contributed by atoms with Gasteiger partial charge in [-0.3, -0.25) is 0 Å². The molecule has 8 nitrogen and oxygen atoms in total. The number of carbonyl (C=O) groups excluding carboxylic acids is 2. The predicted octanol–water partition coefficient (Wildman–Crippen LogP) is 2.41. The van der Waals surface area contributed by atoms with E-state index in [2.05, 4.69) is 20.3 Å². The minimum atomic E-state index is -0.549. The molecule has 0 saturated heterocycles. The van der Waals surface area contributed by atoms with E-state index in [0.717, 1.165) is 11.3 Å². The van der Waals surface area contributed by atoms with E-state index in [1.807, 2.05) is 0 Å². The van der Waals surface area contributed by atoms with Crippen molar-refractivity contribution in [2.75, 3.05) is 18.5 Å². The molecule has 24 heavy (non-hydrogen) atoms. The lowest BCUT2D eigenvalue weighted by Crippen LogP contribution is -2.23. The molecule has 128 valence electrons. The molecule has 0 atom stereocenters. The van der Waals surface area contributed by atoms with Crippen molar-refractivity contribution in [3.05, 3.63) is 27.5 Å². The number of hydrogen-bond acceptors (Lipinski definition) is 8. The lowest BCUT2D eigenvalue weighted by atomic mass is 10.4. The van der Waals surface area contributed by atoms with Crippen LogP contribution in [-0.2, 0) is 9.47 Å². The van der Waals surface area contributed by atoms with E-state index in [1.165, 1.54) is 6.07 Å². The Morgan fingerprint density at radius 2 is 1.92 bits per heavy atom. The summed E-state index contributed by atoms with van der Waals surface area (Å²) < 4.78 is 9.88. The Labute approximate surface area is 147 Å². The van der Waals surface area contributed by atoms with E-state index in [0.29, 0.717) is 15.7 Å². The van der Waals surface area contributed by atoms with Crippen LogP contribution in [0.2, 0.25) is 5.15 Å². The Hall–Kier alpha value is -2.26. The van der Waals surface area contributed by atoms with Crippen LogP contribution in [0.3, 0.4) is 0 Å². The fourth-order valence-corrected chi connectivity index (χ4v) is 2.82. The van der Waals surface area contributed by atoms with E-state index in [-0.39, 0.29) is 30.0 Å². The number of nitrogens with zero attached hydrogens (tertiary/aromatic N) is 2. The number of anilines is 2. The number of rotatable bonds is 6. The molecule has 0 radical (unpaired) electrons. The summed E-state index contributed by atoms with van der Waals surface area (Å²) >= 11 is 7.04. The van der Waals surface area contributed by atoms with Crippen molar-refractivity contribution in [1.82, 2.24) is 9.97 Å². The molecule has 0 fully saturated rings. The number of nitrogens with one attached hydrogen (secondary N) is 2. The molecular weight excluding hydrogens is 356 g/mol. The van der Waals surface area contributed by atoms with Crippen LogP contribution in [0.15, 0.2) is 6.07 Å². The molecule has 10 heteroatoms. The number of hydrogen-bond donors (Lipinski definition) is 1. The molecule has 0 aliphatic rings. The quantitative estimate of drug-likeness (QED) is 0.614. The van der Waals surface area contributed by atoms with Gasteiger partial charge in [0.15, 0.2) is 5.69 Å². The Morgan fingerprint density at radius 3 is 2.58 bits per heavy atom. The van der Waals surface area contributed by atoms with Gasteiger partial charge in [0.2, 0.25) is 5.15 Å². The maximum Gasteiger partial charge on any atom is 0.398 e. The summed E-state index contributed by atoms with van der Waals surface area (Å²) in [6, 6.07) is 1.36. The number of aromatic amines is 1. The van der Waals surface area contributed by atoms with Crippen molar-refractivity contribution >= 4 is 46.0 Å². The van der Waals surface area contributed by atoms with Gasteiger partial charge in [0.25, 0.3) is 5.13 Å². The molecule has 2 rings (SSSR count). The van der Waals surface area contributed by atoms with Crippen LogP contribution in [0.4, 0.5) is 11.1 Å². The van der Waals surface area contributed by atoms with Crippen LogP contribution in [0.1, 0.15) is 39.7 Å². The maximum absolute atomic E-state index is 11.8. The van der Waals surface area contributed by atoms with Crippen molar-refractivity contribution < 1.29 is 24.0 Å². The Kier molecular flexibility index (Phi) is 6.04. The van der Waals surface area contributed by atoms with E-state index in [4.69, 9.17) is 21.1 Å². The highest BCUT2D eigenvalue weighted by Crippen LogP contribution is 2.25. The normalized spacial score (nSPS) is 10.3. The predicted molar refractivity (Wildman–Crippen MR) is 87.8 cm³/mol. The Balaban J connectivity index is 2.24. The molecule has 0 unspecified atom stereocenters. The van der Waals surface area contributed by atoms with Crippen molar-refractivity contribution in [1.29, 1.82) is 0 Å². The van der Waals surface area contributed by atoms with Crippen LogP contribution >= 0.6 is 22.9 Å². The summed E-state index contributed by atoms with van der Waals surface area (Å²) in [5.74, 6) is -0.780. The van der Waals surface area contributed by atoms with E-state index >= 15 is 0 Å². The standard InChI is InChI=1S/C14H15ClN4O4S/c1-4-22-11(20)8-6-9(15)18-13(17-8)19-14-16-7(3)10(24-14)12(21)23-5-2/h6H,4-5H2,1-3H3,(H,16,17,18,19)/p+1. The average Bonchev–Trinajstić information content (AvgIpc) is 2.87. The SMILES string of the molecule is CCOC(=O)c1cc(Cl)nc(Nc2nc(C)c(C(=O)OCC)s2)[nH+]1. The average molecular weight is 372 g/mol. The zero-order valence-electron chi connectivity index (χ0n) is 13.3. The summed E-state index contributed by atoms with van der Waals surface area (Å²) in [5.41, 5.74) is 0.687. The smallest absolute Gasteiger partial charge is 0.398 e. The number of H-pyrrole nitrogens is 1. The molecule has 0 spiro atoms. The van der Waals surface area contributed by atoms with Crippen molar-refractivity contribution in [2.45, 2.75) is 20.8 Å². The van der Waals surface area contributed by atoms with Crippen molar-refractivity contribution in [3.63, 3.8) is 0 Å². The highest BCUT2D eigenvalue weighted by atomic mass is 35.5. The summed E-state index contributed by atoms with van der Waals surface area (Å²) in [7, 11) is 0. The maximum atomic E-state index is 11.8. The first-order valence-corrected chi connectivity index (χ1v) is 8.32. The third-order valence-electron chi connectivity index (χ3n) is 2.71. The van der Waals surface area contributed by atoms with Gasteiger partial charge in [-0.1, -0.05) is 16.3 Å². The van der Waals surface area contributed by atoms with Gasteiger partial charge >= 0.3 is 17.9 Å². The van der Waals surface area contributed by atoms with Gasteiger partial charge in [0.1, 0.15) is 4.88 Å². The van der Waals surface area contributed by atoms with Crippen molar-refractivity contribution in [2.24, 2.45) is 0 Å². The number of ether oxygens (including phenoxy) is 2. The molecule has 2 heterocycles. The molecular formula is C14H16ClN4O4S+. The van der Waals surface area contributed by atoms with E-state index < -0.39 is 11.9 Å². The summed E-state index contributed by atoms with van der Waals surface area (Å²) in [6.45, 7) is 5.66. The first-order chi connectivity index (χ1) is 11.4. The van der Waals surface area contributed by atoms with Crippen molar-refractivity contribution in [3.8, 4) is 0 Å². The third kappa shape index (κ3) is 4.39. The zero-order chi connectivity index (χ0) is 17.7. The van der Waals surface area contributed by atoms with Crippen LogP contribution < -0.4 is 10.3 Å². The second kappa shape index (κ2) is 8.02. The lowest BCUT2D eigenvalue weighted by Gasteiger charge is -2.00. The second-order valence-electron chi connectivity index (χ2n) is 4.47. The van der Waals surface area contributed by atoms with Crippen LogP contribution in [0, 0.1) is 6.92 Å². The van der Waals surface area contributed by atoms with Gasteiger partial charge in [0, 0.05) is 6.07 Å². The number of esters is 2. The summed E-state index contributed by atoms with van der Waals surface area (Å²) in [4.78, 5) is 35.0. The molecule has 0 aliphatic carbocycles. The van der Waals surface area contributed by atoms with E-state index in [9.17, 15) is 9.59 Å². The molecule has 0 aliphatic heterocycles. The molecule has 2 aromatic rings. The molecule has 0 bridgehead atoms. The number of thiazole rings is 1. The summed E-state index contributed by atoms with van der Waals surface area (Å²) in [6.07, 6.45) is 0. The number of carbonyl (C=O) groups is 2. The van der Waals surface area contributed by atoms with Gasteiger partial charge in [-0.2, -0.15) is 0 Å². The first kappa shape index (κ1) is 18.1. The molecule has 2 aromatic heterocycles. The Morgan fingerprint density at radius 1 is 1.25 bits per heavy atom. The Bertz CT molecular complexity index is 765. The topological polar surface area (TPSA) is 105 Å².